The fraction of sp³-hybridized carbons (Fsp3) is 0.231. The number of benzene rings is 1. The summed E-state index contributed by atoms with van der Waals surface area (Å²) in [5.74, 6) is 0. The van der Waals surface area contributed by atoms with Gasteiger partial charge in [0.15, 0.2) is 0 Å². The van der Waals surface area contributed by atoms with Crippen LogP contribution in [0.4, 0.5) is 0 Å². The maximum Gasteiger partial charge on any atom is 0.0165 e. The van der Waals surface area contributed by atoms with Crippen LogP contribution in [0.5, 0.6) is 0 Å². The van der Waals surface area contributed by atoms with Crippen molar-refractivity contribution < 1.29 is 0 Å². The van der Waals surface area contributed by atoms with Gasteiger partial charge in [-0.15, -0.1) is 0 Å². The maximum atomic E-state index is 4.33. The summed E-state index contributed by atoms with van der Waals surface area (Å²) in [4.78, 5) is 0. The Kier molecular flexibility index (Phi) is 4.98. The van der Waals surface area contributed by atoms with Crippen molar-refractivity contribution >= 4 is 33.7 Å². The summed E-state index contributed by atoms with van der Waals surface area (Å²) in [5, 5.41) is 0. The van der Waals surface area contributed by atoms with Crippen LogP contribution < -0.4 is 0 Å². The summed E-state index contributed by atoms with van der Waals surface area (Å²) in [6.45, 7) is 9.03. The quantitative estimate of drug-likeness (QED) is 0.316. The van der Waals surface area contributed by atoms with Gasteiger partial charge >= 0.3 is 0 Å². The highest BCUT2D eigenvalue weighted by Crippen LogP contribution is 2.50. The van der Waals surface area contributed by atoms with Crippen LogP contribution >= 0.6 is 22.6 Å². The molecule has 0 nitrogen and oxygen atoms in total. The van der Waals surface area contributed by atoms with Gasteiger partial charge in [0.2, 0.25) is 0 Å². The van der Waals surface area contributed by atoms with Crippen molar-refractivity contribution in [3.05, 3.63) is 105 Å². The number of rotatable bonds is 3. The molecule has 1 aromatic rings. The standard InChI is InChI=1S/C26H25I/c1-18(13-16-25(27)19-9-5-4-6-10-19)20-14-15-22-21-11-7-8-12-23(21)26(2,3)24(22)17-20/h4-6,8-9,12-17H,1,7,10-11H2,2-3H3/b16-13-,25-19+. The highest BCUT2D eigenvalue weighted by Gasteiger charge is 2.36. The number of halogens is 1. The summed E-state index contributed by atoms with van der Waals surface area (Å²) in [6, 6.07) is 6.90. The second-order valence-electron chi connectivity index (χ2n) is 7.94. The van der Waals surface area contributed by atoms with Gasteiger partial charge in [0.25, 0.3) is 0 Å². The lowest BCUT2D eigenvalue weighted by Crippen LogP contribution is -2.16. The smallest absolute Gasteiger partial charge is 0.0165 e. The molecule has 4 rings (SSSR count). The molecule has 3 aliphatic rings. The van der Waals surface area contributed by atoms with Crippen LogP contribution in [0.2, 0.25) is 0 Å². The third kappa shape index (κ3) is 3.38. The Morgan fingerprint density at radius 2 is 1.96 bits per heavy atom. The topological polar surface area (TPSA) is 0 Å². The summed E-state index contributed by atoms with van der Waals surface area (Å²) >= 11 is 2.42. The van der Waals surface area contributed by atoms with Crippen LogP contribution in [-0.2, 0) is 5.41 Å². The van der Waals surface area contributed by atoms with E-state index in [1.807, 2.05) is 0 Å². The lowest BCUT2D eigenvalue weighted by atomic mass is 9.79. The lowest BCUT2D eigenvalue weighted by molar-refractivity contribution is 0.651. The van der Waals surface area contributed by atoms with Gasteiger partial charge in [-0.25, -0.2) is 0 Å². The molecule has 0 unspecified atom stereocenters. The van der Waals surface area contributed by atoms with Crippen LogP contribution in [0.1, 0.15) is 49.8 Å². The summed E-state index contributed by atoms with van der Waals surface area (Å²) in [5.41, 5.74) is 9.66. The SMILES string of the molecule is C=C(/C=C\C(I)=C1\C=CC=CC1)c1ccc2c(c1)C(C)(C)C1=C2CCC=C1. The minimum atomic E-state index is 0.0806. The van der Waals surface area contributed by atoms with E-state index in [0.717, 1.165) is 24.8 Å². The van der Waals surface area contributed by atoms with Gasteiger partial charge in [0.05, 0.1) is 0 Å². The highest BCUT2D eigenvalue weighted by atomic mass is 127. The van der Waals surface area contributed by atoms with Crippen molar-refractivity contribution in [3.8, 4) is 0 Å². The Hall–Kier alpha value is -1.87. The fourth-order valence-electron chi connectivity index (χ4n) is 4.27. The van der Waals surface area contributed by atoms with Crippen molar-refractivity contribution in [3.63, 3.8) is 0 Å². The maximum absolute atomic E-state index is 4.33. The Bertz CT molecular complexity index is 987. The van der Waals surface area contributed by atoms with Crippen LogP contribution in [0, 0.1) is 0 Å². The Morgan fingerprint density at radius 3 is 2.74 bits per heavy atom. The normalized spacial score (nSPS) is 21.6. The van der Waals surface area contributed by atoms with Crippen LogP contribution in [0.3, 0.4) is 0 Å². The zero-order chi connectivity index (χ0) is 19.0. The zero-order valence-electron chi connectivity index (χ0n) is 16.1. The molecule has 0 aliphatic heterocycles. The van der Waals surface area contributed by atoms with Crippen molar-refractivity contribution in [2.24, 2.45) is 0 Å². The third-order valence-electron chi connectivity index (χ3n) is 5.85. The van der Waals surface area contributed by atoms with E-state index in [9.17, 15) is 0 Å². The van der Waals surface area contributed by atoms with Gasteiger partial charge in [-0.2, -0.15) is 0 Å². The van der Waals surface area contributed by atoms with E-state index in [1.165, 1.54) is 31.4 Å². The van der Waals surface area contributed by atoms with E-state index in [2.05, 4.69) is 110 Å². The molecule has 0 heterocycles. The third-order valence-corrected chi connectivity index (χ3v) is 6.91. The molecule has 0 saturated carbocycles. The first-order valence-corrected chi connectivity index (χ1v) is 10.7. The minimum absolute atomic E-state index is 0.0806. The summed E-state index contributed by atoms with van der Waals surface area (Å²) in [7, 11) is 0. The Morgan fingerprint density at radius 1 is 1.11 bits per heavy atom. The van der Waals surface area contributed by atoms with Crippen LogP contribution in [-0.4, -0.2) is 0 Å². The van der Waals surface area contributed by atoms with E-state index in [4.69, 9.17) is 0 Å². The van der Waals surface area contributed by atoms with Crippen LogP contribution in [0.25, 0.3) is 11.1 Å². The van der Waals surface area contributed by atoms with Crippen molar-refractivity contribution in [2.45, 2.75) is 38.5 Å². The highest BCUT2D eigenvalue weighted by molar-refractivity contribution is 14.1. The minimum Gasteiger partial charge on any atom is -0.0912 e. The van der Waals surface area contributed by atoms with E-state index in [-0.39, 0.29) is 5.41 Å². The molecule has 27 heavy (non-hydrogen) atoms. The van der Waals surface area contributed by atoms with E-state index < -0.39 is 0 Å². The van der Waals surface area contributed by atoms with Gasteiger partial charge in [-0.3, -0.25) is 0 Å². The first-order chi connectivity index (χ1) is 13.0. The van der Waals surface area contributed by atoms with Gasteiger partial charge < -0.3 is 0 Å². The average molecular weight is 464 g/mol. The van der Waals surface area contributed by atoms with Gasteiger partial charge in [0, 0.05) is 8.99 Å². The second-order valence-corrected chi connectivity index (χ2v) is 9.10. The average Bonchev–Trinajstić information content (AvgIpc) is 2.94. The molecule has 0 spiro atoms. The summed E-state index contributed by atoms with van der Waals surface area (Å²) in [6.07, 6.45) is 20.9. The Labute approximate surface area is 176 Å². The summed E-state index contributed by atoms with van der Waals surface area (Å²) < 4.78 is 1.28. The molecular weight excluding hydrogens is 439 g/mol. The lowest BCUT2D eigenvalue weighted by Gasteiger charge is -2.24. The molecule has 1 heteroatoms. The monoisotopic (exact) mass is 464 g/mol. The van der Waals surface area contributed by atoms with E-state index in [0.29, 0.717) is 0 Å². The van der Waals surface area contributed by atoms with Crippen molar-refractivity contribution in [2.75, 3.05) is 0 Å². The molecule has 0 amide bonds. The first-order valence-electron chi connectivity index (χ1n) is 9.63. The first kappa shape index (κ1) is 18.5. The van der Waals surface area contributed by atoms with Crippen LogP contribution in [0.15, 0.2) is 88.1 Å². The second kappa shape index (κ2) is 7.27. The van der Waals surface area contributed by atoms with Crippen molar-refractivity contribution in [1.29, 1.82) is 0 Å². The zero-order valence-corrected chi connectivity index (χ0v) is 18.2. The molecule has 0 saturated heterocycles. The molecule has 0 radical (unpaired) electrons. The molecule has 3 aliphatic carbocycles. The molecular formula is C26H25I. The van der Waals surface area contributed by atoms with E-state index >= 15 is 0 Å². The van der Waals surface area contributed by atoms with Crippen molar-refractivity contribution in [1.82, 2.24) is 0 Å². The Balaban J connectivity index is 1.62. The number of allylic oxidation sites excluding steroid dienone is 13. The molecule has 0 bridgehead atoms. The molecule has 0 N–H and O–H groups in total. The largest absolute Gasteiger partial charge is 0.0912 e. The number of hydrogen-bond donors (Lipinski definition) is 0. The molecule has 1 aromatic carbocycles. The molecule has 0 atom stereocenters. The number of fused-ring (bicyclic) bond motifs is 2. The van der Waals surface area contributed by atoms with Gasteiger partial charge in [0.1, 0.15) is 0 Å². The predicted molar refractivity (Wildman–Crippen MR) is 127 cm³/mol. The van der Waals surface area contributed by atoms with E-state index in [1.54, 1.807) is 5.57 Å². The van der Waals surface area contributed by atoms with Gasteiger partial charge in [-0.1, -0.05) is 75.1 Å². The van der Waals surface area contributed by atoms with Gasteiger partial charge in [-0.05, 0) is 93.0 Å². The number of hydrogen-bond acceptors (Lipinski definition) is 0. The predicted octanol–water partition coefficient (Wildman–Crippen LogP) is 7.86. The fourth-order valence-corrected chi connectivity index (χ4v) is 4.85. The molecule has 0 aromatic heterocycles. The molecule has 0 fully saturated rings. The molecule has 136 valence electrons.